The second-order valence-electron chi connectivity index (χ2n) is 3.85. The molecule has 108 valence electrons. The van der Waals surface area contributed by atoms with Crippen LogP contribution in [0.3, 0.4) is 0 Å². The molecule has 0 aromatic heterocycles. The Hall–Kier alpha value is -1.40. The van der Waals surface area contributed by atoms with Crippen molar-refractivity contribution < 1.29 is 18.3 Å². The van der Waals surface area contributed by atoms with Crippen molar-refractivity contribution >= 4 is 18.3 Å². The van der Waals surface area contributed by atoms with Gasteiger partial charge in [0.1, 0.15) is 5.75 Å². The average Bonchev–Trinajstić information content (AvgIpc) is 2.37. The number of benzene rings is 1. The lowest BCUT2D eigenvalue weighted by molar-refractivity contribution is -0.129. The molecule has 1 aromatic carbocycles. The molecule has 1 rings (SSSR count). The van der Waals surface area contributed by atoms with Crippen LogP contribution in [0, 0.1) is 0 Å². The number of alkyl halides is 2. The minimum Gasteiger partial charge on any atom is -0.481 e. The molecule has 1 unspecified atom stereocenters. The van der Waals surface area contributed by atoms with Gasteiger partial charge in [0.2, 0.25) is 0 Å². The highest BCUT2D eigenvalue weighted by molar-refractivity contribution is 5.85. The molecule has 0 spiro atoms. The topological polar surface area (TPSA) is 64.3 Å². The molecule has 0 aliphatic rings. The molecular weight excluding hydrogens is 278 g/mol. The van der Waals surface area contributed by atoms with Crippen molar-refractivity contribution in [2.75, 3.05) is 13.1 Å². The van der Waals surface area contributed by atoms with E-state index >= 15 is 0 Å². The summed E-state index contributed by atoms with van der Waals surface area (Å²) in [4.78, 5) is 11.5. The van der Waals surface area contributed by atoms with E-state index in [1.54, 1.807) is 30.3 Å². The molecule has 0 saturated carbocycles. The normalized spacial score (nSPS) is 12.2. The molecule has 0 radical (unpaired) electrons. The summed E-state index contributed by atoms with van der Waals surface area (Å²) >= 11 is 0. The SMILES string of the molecule is CC(Oc1ccccc1)C(=O)NCC(F)(F)CN.Cl. The lowest BCUT2D eigenvalue weighted by Crippen LogP contribution is -2.45. The summed E-state index contributed by atoms with van der Waals surface area (Å²) in [5, 5.41) is 2.10. The lowest BCUT2D eigenvalue weighted by Gasteiger charge is -2.18. The lowest BCUT2D eigenvalue weighted by atomic mass is 10.3. The van der Waals surface area contributed by atoms with Crippen molar-refractivity contribution in [3.8, 4) is 5.75 Å². The maximum atomic E-state index is 12.8. The molecule has 1 aromatic rings. The van der Waals surface area contributed by atoms with Gasteiger partial charge >= 0.3 is 0 Å². The van der Waals surface area contributed by atoms with Gasteiger partial charge in [0.25, 0.3) is 11.8 Å². The van der Waals surface area contributed by atoms with Gasteiger partial charge in [-0.25, -0.2) is 8.78 Å². The third kappa shape index (κ3) is 6.35. The number of para-hydroxylation sites is 1. The predicted molar refractivity (Wildman–Crippen MR) is 70.8 cm³/mol. The molecule has 0 heterocycles. The zero-order chi connectivity index (χ0) is 13.6. The highest BCUT2D eigenvalue weighted by Crippen LogP contribution is 2.12. The Kier molecular flexibility index (Phi) is 7.33. The fourth-order valence-electron chi connectivity index (χ4n) is 1.19. The van der Waals surface area contributed by atoms with Crippen LogP contribution in [0.2, 0.25) is 0 Å². The van der Waals surface area contributed by atoms with Crippen molar-refractivity contribution in [1.82, 2.24) is 5.32 Å². The number of rotatable bonds is 6. The third-order valence-corrected chi connectivity index (χ3v) is 2.25. The van der Waals surface area contributed by atoms with Gasteiger partial charge in [0, 0.05) is 0 Å². The number of carbonyl (C=O) groups excluding carboxylic acids is 1. The van der Waals surface area contributed by atoms with Crippen molar-refractivity contribution in [1.29, 1.82) is 0 Å². The molecule has 7 heteroatoms. The Bertz CT molecular complexity index is 391. The van der Waals surface area contributed by atoms with Crippen LogP contribution in [0.15, 0.2) is 30.3 Å². The van der Waals surface area contributed by atoms with Crippen LogP contribution >= 0.6 is 12.4 Å². The van der Waals surface area contributed by atoms with Crippen LogP contribution in [-0.2, 0) is 4.79 Å². The fourth-order valence-corrected chi connectivity index (χ4v) is 1.19. The van der Waals surface area contributed by atoms with E-state index in [4.69, 9.17) is 10.5 Å². The minimum atomic E-state index is -3.10. The highest BCUT2D eigenvalue weighted by atomic mass is 35.5. The molecule has 0 fully saturated rings. The molecule has 0 saturated heterocycles. The quantitative estimate of drug-likeness (QED) is 0.837. The number of ether oxygens (including phenoxy) is 1. The molecule has 0 aliphatic heterocycles. The maximum absolute atomic E-state index is 12.8. The fraction of sp³-hybridized carbons (Fsp3) is 0.417. The largest absolute Gasteiger partial charge is 0.481 e. The van der Waals surface area contributed by atoms with Gasteiger partial charge in [-0.05, 0) is 19.1 Å². The first-order chi connectivity index (χ1) is 8.44. The monoisotopic (exact) mass is 294 g/mol. The summed E-state index contributed by atoms with van der Waals surface area (Å²) < 4.78 is 30.9. The van der Waals surface area contributed by atoms with Crippen LogP contribution in [-0.4, -0.2) is 31.0 Å². The highest BCUT2D eigenvalue weighted by Gasteiger charge is 2.28. The van der Waals surface area contributed by atoms with E-state index in [9.17, 15) is 13.6 Å². The van der Waals surface area contributed by atoms with Crippen molar-refractivity contribution in [3.63, 3.8) is 0 Å². The zero-order valence-corrected chi connectivity index (χ0v) is 11.3. The maximum Gasteiger partial charge on any atom is 0.277 e. The van der Waals surface area contributed by atoms with Crippen LogP contribution in [0.4, 0.5) is 8.78 Å². The molecule has 1 amide bonds. The number of hydrogen-bond acceptors (Lipinski definition) is 3. The Morgan fingerprint density at radius 1 is 1.42 bits per heavy atom. The Balaban J connectivity index is 0.00000324. The number of nitrogens with one attached hydrogen (secondary N) is 1. The zero-order valence-electron chi connectivity index (χ0n) is 10.4. The van der Waals surface area contributed by atoms with Gasteiger partial charge < -0.3 is 15.8 Å². The molecule has 3 N–H and O–H groups in total. The number of amides is 1. The average molecular weight is 295 g/mol. The van der Waals surface area contributed by atoms with Crippen molar-refractivity contribution in [3.05, 3.63) is 30.3 Å². The van der Waals surface area contributed by atoms with E-state index in [1.807, 2.05) is 0 Å². The van der Waals surface area contributed by atoms with E-state index in [0.717, 1.165) is 0 Å². The van der Waals surface area contributed by atoms with Gasteiger partial charge in [0.15, 0.2) is 6.10 Å². The van der Waals surface area contributed by atoms with Crippen molar-refractivity contribution in [2.45, 2.75) is 19.0 Å². The van der Waals surface area contributed by atoms with E-state index in [1.165, 1.54) is 6.92 Å². The first-order valence-electron chi connectivity index (χ1n) is 5.52. The smallest absolute Gasteiger partial charge is 0.277 e. The Morgan fingerprint density at radius 2 is 2.00 bits per heavy atom. The Labute approximate surface area is 116 Å². The first kappa shape index (κ1) is 17.6. The standard InChI is InChI=1S/C12H16F2N2O2.ClH/c1-9(18-10-5-3-2-4-6-10)11(17)16-8-12(13,14)7-15;/h2-6,9H,7-8,15H2,1H3,(H,16,17);1H. The van der Waals surface area contributed by atoms with Gasteiger partial charge in [-0.2, -0.15) is 0 Å². The number of halogens is 3. The second kappa shape index (κ2) is 7.91. The summed E-state index contributed by atoms with van der Waals surface area (Å²) in [7, 11) is 0. The Morgan fingerprint density at radius 3 is 2.53 bits per heavy atom. The van der Waals surface area contributed by atoms with Gasteiger partial charge in [0.05, 0.1) is 13.1 Å². The number of nitrogens with two attached hydrogens (primary N) is 1. The van der Waals surface area contributed by atoms with Gasteiger partial charge in [-0.15, -0.1) is 12.4 Å². The molecule has 19 heavy (non-hydrogen) atoms. The predicted octanol–water partition coefficient (Wildman–Crippen LogP) is 1.59. The number of carbonyl (C=O) groups is 1. The summed E-state index contributed by atoms with van der Waals surface area (Å²) in [6.07, 6.45) is -0.846. The van der Waals surface area contributed by atoms with Crippen LogP contribution in [0.5, 0.6) is 5.75 Å². The number of hydrogen-bond donors (Lipinski definition) is 2. The first-order valence-corrected chi connectivity index (χ1v) is 5.52. The van der Waals surface area contributed by atoms with Crippen LogP contribution in [0.1, 0.15) is 6.92 Å². The van der Waals surface area contributed by atoms with E-state index < -0.39 is 31.0 Å². The molecule has 0 aliphatic carbocycles. The van der Waals surface area contributed by atoms with E-state index in [2.05, 4.69) is 5.32 Å². The third-order valence-electron chi connectivity index (χ3n) is 2.25. The van der Waals surface area contributed by atoms with Crippen molar-refractivity contribution in [2.24, 2.45) is 5.73 Å². The van der Waals surface area contributed by atoms with E-state index in [-0.39, 0.29) is 12.4 Å². The van der Waals surface area contributed by atoms with E-state index in [0.29, 0.717) is 5.75 Å². The summed E-state index contributed by atoms with van der Waals surface area (Å²) in [6.45, 7) is -0.102. The molecular formula is C12H17ClF2N2O2. The summed E-state index contributed by atoms with van der Waals surface area (Å²) in [6, 6.07) is 8.67. The molecule has 1 atom stereocenters. The molecule has 4 nitrogen and oxygen atoms in total. The van der Waals surface area contributed by atoms with Crippen LogP contribution < -0.4 is 15.8 Å². The summed E-state index contributed by atoms with van der Waals surface area (Å²) in [5.74, 6) is -3.19. The minimum absolute atomic E-state index is 0. The summed E-state index contributed by atoms with van der Waals surface area (Å²) in [5.41, 5.74) is 4.86. The molecule has 0 bridgehead atoms. The van der Waals surface area contributed by atoms with Crippen LogP contribution in [0.25, 0.3) is 0 Å². The van der Waals surface area contributed by atoms with Gasteiger partial charge in [-0.1, -0.05) is 18.2 Å². The second-order valence-corrected chi connectivity index (χ2v) is 3.85. The van der Waals surface area contributed by atoms with Gasteiger partial charge in [-0.3, -0.25) is 4.79 Å².